The molecule has 10 heteroatoms. The first kappa shape index (κ1) is 26.0. The van der Waals surface area contributed by atoms with Gasteiger partial charge in [0, 0.05) is 17.0 Å². The van der Waals surface area contributed by atoms with E-state index in [-0.39, 0.29) is 28.9 Å². The Bertz CT molecular complexity index is 2000. The fourth-order valence-corrected chi connectivity index (χ4v) is 4.68. The number of halogens is 1. The standard InChI is InChI=1S/C31H21ClN4O5/c1-19-10-12-20(13-11-19)18-40-29-24(32)14-21(15-26(29)36(38)39)17-33-35-30(28-16-22-6-2-5-9-27(22)41-28)34-25-8-4-3-7-23(25)31(35)37/h2-17H,18H2,1H3. The highest BCUT2D eigenvalue weighted by atomic mass is 35.5. The number of furan rings is 1. The van der Waals surface area contributed by atoms with Gasteiger partial charge in [0.15, 0.2) is 5.76 Å². The summed E-state index contributed by atoms with van der Waals surface area (Å²) in [6.45, 7) is 2.07. The number of hydrogen-bond donors (Lipinski definition) is 0. The van der Waals surface area contributed by atoms with Crippen molar-refractivity contribution in [3.05, 3.63) is 133 Å². The maximum Gasteiger partial charge on any atom is 0.313 e. The van der Waals surface area contributed by atoms with E-state index >= 15 is 0 Å². The molecule has 0 aliphatic heterocycles. The first-order chi connectivity index (χ1) is 19.9. The molecule has 0 spiro atoms. The Morgan fingerprint density at radius 1 is 1.05 bits per heavy atom. The van der Waals surface area contributed by atoms with Crippen molar-refractivity contribution in [2.45, 2.75) is 13.5 Å². The summed E-state index contributed by atoms with van der Waals surface area (Å²) < 4.78 is 12.8. The van der Waals surface area contributed by atoms with Crippen LogP contribution in [0.1, 0.15) is 16.7 Å². The SMILES string of the molecule is Cc1ccc(COc2c(Cl)cc(C=Nn3c(-c4cc5ccccc5o4)nc4ccccc4c3=O)cc2[N+](=O)[O-])cc1. The lowest BCUT2D eigenvalue weighted by atomic mass is 10.1. The van der Waals surface area contributed by atoms with Gasteiger partial charge >= 0.3 is 5.69 Å². The zero-order chi connectivity index (χ0) is 28.5. The highest BCUT2D eigenvalue weighted by molar-refractivity contribution is 6.32. The number of nitrogens with zero attached hydrogens (tertiary/aromatic N) is 4. The quantitative estimate of drug-likeness (QED) is 0.116. The minimum Gasteiger partial charge on any atom is -0.481 e. The van der Waals surface area contributed by atoms with Crippen LogP contribution in [-0.4, -0.2) is 20.8 Å². The Hall–Kier alpha value is -5.28. The van der Waals surface area contributed by atoms with Crippen molar-refractivity contribution >= 4 is 45.4 Å². The summed E-state index contributed by atoms with van der Waals surface area (Å²) in [6.07, 6.45) is 1.31. The van der Waals surface area contributed by atoms with Crippen molar-refractivity contribution in [2.75, 3.05) is 0 Å². The van der Waals surface area contributed by atoms with Crippen LogP contribution in [0, 0.1) is 17.0 Å². The van der Waals surface area contributed by atoms with Gasteiger partial charge in [-0.25, -0.2) is 4.98 Å². The molecule has 0 saturated heterocycles. The molecule has 2 aromatic heterocycles. The van der Waals surface area contributed by atoms with E-state index in [4.69, 9.17) is 20.8 Å². The molecule has 0 amide bonds. The van der Waals surface area contributed by atoms with E-state index in [9.17, 15) is 14.9 Å². The summed E-state index contributed by atoms with van der Waals surface area (Å²) in [7, 11) is 0. The molecule has 0 saturated carbocycles. The van der Waals surface area contributed by atoms with Crippen molar-refractivity contribution in [1.82, 2.24) is 9.66 Å². The lowest BCUT2D eigenvalue weighted by Crippen LogP contribution is -2.20. The average molecular weight is 565 g/mol. The number of nitro benzene ring substituents is 1. The fraction of sp³-hybridized carbons (Fsp3) is 0.0645. The Morgan fingerprint density at radius 2 is 1.80 bits per heavy atom. The van der Waals surface area contributed by atoms with Crippen LogP contribution in [0.3, 0.4) is 0 Å². The van der Waals surface area contributed by atoms with Gasteiger partial charge < -0.3 is 9.15 Å². The number of benzene rings is 4. The third kappa shape index (κ3) is 5.18. The lowest BCUT2D eigenvalue weighted by Gasteiger charge is -2.10. The number of nitro groups is 1. The van der Waals surface area contributed by atoms with Crippen LogP contribution >= 0.6 is 11.6 Å². The Kier molecular flexibility index (Phi) is 6.78. The predicted molar refractivity (Wildman–Crippen MR) is 158 cm³/mol. The van der Waals surface area contributed by atoms with Crippen molar-refractivity contribution in [1.29, 1.82) is 0 Å². The van der Waals surface area contributed by atoms with E-state index in [1.165, 1.54) is 18.3 Å². The highest BCUT2D eigenvalue weighted by Crippen LogP contribution is 2.36. The van der Waals surface area contributed by atoms with Crippen LogP contribution in [-0.2, 0) is 6.61 Å². The molecule has 0 aliphatic rings. The van der Waals surface area contributed by atoms with Gasteiger partial charge in [-0.1, -0.05) is 71.8 Å². The molecule has 0 radical (unpaired) electrons. The molecule has 6 aromatic rings. The van der Waals surface area contributed by atoms with Gasteiger partial charge in [0.1, 0.15) is 12.2 Å². The molecule has 4 aromatic carbocycles. The number of ether oxygens (including phenoxy) is 1. The highest BCUT2D eigenvalue weighted by Gasteiger charge is 2.21. The average Bonchev–Trinajstić information content (AvgIpc) is 3.41. The zero-order valence-corrected chi connectivity index (χ0v) is 22.4. The summed E-state index contributed by atoms with van der Waals surface area (Å²) in [5.41, 5.74) is 2.57. The number of aromatic nitrogens is 2. The van der Waals surface area contributed by atoms with Gasteiger partial charge in [-0.05, 0) is 42.8 Å². The van der Waals surface area contributed by atoms with E-state index in [1.54, 1.807) is 30.3 Å². The normalized spacial score (nSPS) is 11.5. The van der Waals surface area contributed by atoms with Gasteiger partial charge in [-0.3, -0.25) is 14.9 Å². The van der Waals surface area contributed by atoms with Crippen LogP contribution in [0.2, 0.25) is 5.02 Å². The van der Waals surface area contributed by atoms with E-state index < -0.39 is 10.5 Å². The molecular weight excluding hydrogens is 544 g/mol. The van der Waals surface area contributed by atoms with Crippen LogP contribution in [0.5, 0.6) is 5.75 Å². The van der Waals surface area contributed by atoms with Crippen LogP contribution < -0.4 is 10.3 Å². The molecule has 0 atom stereocenters. The smallest absolute Gasteiger partial charge is 0.313 e. The first-order valence-electron chi connectivity index (χ1n) is 12.6. The van der Waals surface area contributed by atoms with Crippen molar-refractivity contribution < 1.29 is 14.1 Å². The largest absolute Gasteiger partial charge is 0.481 e. The van der Waals surface area contributed by atoms with E-state index in [0.29, 0.717) is 27.8 Å². The third-order valence-electron chi connectivity index (χ3n) is 6.47. The first-order valence-corrected chi connectivity index (χ1v) is 13.0. The van der Waals surface area contributed by atoms with E-state index in [1.807, 2.05) is 55.5 Å². The zero-order valence-electron chi connectivity index (χ0n) is 21.7. The molecule has 0 fully saturated rings. The predicted octanol–water partition coefficient (Wildman–Crippen LogP) is 7.14. The Labute approximate surface area is 238 Å². The molecule has 0 bridgehead atoms. The Morgan fingerprint density at radius 3 is 2.59 bits per heavy atom. The van der Waals surface area contributed by atoms with Gasteiger partial charge in [0.05, 0.1) is 27.1 Å². The maximum absolute atomic E-state index is 13.5. The number of fused-ring (bicyclic) bond motifs is 2. The van der Waals surface area contributed by atoms with Crippen molar-refractivity contribution in [2.24, 2.45) is 5.10 Å². The molecule has 0 unspecified atom stereocenters. The number of para-hydroxylation sites is 2. The number of hydrogen-bond acceptors (Lipinski definition) is 7. The second kappa shape index (κ2) is 10.7. The van der Waals surface area contributed by atoms with Crippen molar-refractivity contribution in [3.8, 4) is 17.3 Å². The van der Waals surface area contributed by atoms with Crippen LogP contribution in [0.15, 0.2) is 105 Å². The summed E-state index contributed by atoms with van der Waals surface area (Å²) in [4.78, 5) is 29.5. The summed E-state index contributed by atoms with van der Waals surface area (Å²) in [6, 6.07) is 26.5. The fourth-order valence-electron chi connectivity index (χ4n) is 4.40. The van der Waals surface area contributed by atoms with Crippen LogP contribution in [0.4, 0.5) is 5.69 Å². The second-order valence-corrected chi connectivity index (χ2v) is 9.75. The van der Waals surface area contributed by atoms with Crippen molar-refractivity contribution in [3.63, 3.8) is 0 Å². The van der Waals surface area contributed by atoms with Gasteiger partial charge in [-0.2, -0.15) is 9.78 Å². The molecule has 6 rings (SSSR count). The minimum absolute atomic E-state index is 0.0363. The number of aryl methyl sites for hydroxylation is 1. The lowest BCUT2D eigenvalue weighted by molar-refractivity contribution is -0.385. The summed E-state index contributed by atoms with van der Waals surface area (Å²) in [5.74, 6) is 0.469. The topological polar surface area (TPSA) is 113 Å². The minimum atomic E-state index is -0.572. The van der Waals surface area contributed by atoms with Gasteiger partial charge in [0.2, 0.25) is 11.6 Å². The van der Waals surface area contributed by atoms with Gasteiger partial charge in [0.25, 0.3) is 5.56 Å². The molecule has 41 heavy (non-hydrogen) atoms. The summed E-state index contributed by atoms with van der Waals surface area (Å²) >= 11 is 6.45. The molecule has 0 N–H and O–H groups in total. The molecular formula is C31H21ClN4O5. The second-order valence-electron chi connectivity index (χ2n) is 9.34. The molecule has 0 aliphatic carbocycles. The number of rotatable bonds is 7. The Balaban J connectivity index is 1.41. The summed E-state index contributed by atoms with van der Waals surface area (Å²) in [5, 5.41) is 17.5. The molecule has 9 nitrogen and oxygen atoms in total. The van der Waals surface area contributed by atoms with E-state index in [2.05, 4.69) is 10.1 Å². The van der Waals surface area contributed by atoms with Crippen LogP contribution in [0.25, 0.3) is 33.5 Å². The molecule has 2 heterocycles. The third-order valence-corrected chi connectivity index (χ3v) is 6.75. The van der Waals surface area contributed by atoms with Gasteiger partial charge in [-0.15, -0.1) is 0 Å². The van der Waals surface area contributed by atoms with E-state index in [0.717, 1.165) is 21.2 Å². The maximum atomic E-state index is 13.5. The molecule has 202 valence electrons. The monoisotopic (exact) mass is 564 g/mol.